The highest BCUT2D eigenvalue weighted by Crippen LogP contribution is 2.25. The molecule has 0 unspecified atom stereocenters. The molecule has 0 amide bonds. The van der Waals surface area contributed by atoms with Gasteiger partial charge in [0.1, 0.15) is 5.75 Å². The van der Waals surface area contributed by atoms with E-state index in [9.17, 15) is 0 Å². The summed E-state index contributed by atoms with van der Waals surface area (Å²) in [4.78, 5) is 2.49. The Labute approximate surface area is 111 Å². The Kier molecular flexibility index (Phi) is 4.42. The molecule has 1 aliphatic heterocycles. The Bertz CT molecular complexity index is 384. The van der Waals surface area contributed by atoms with Crippen molar-refractivity contribution in [3.8, 4) is 5.75 Å². The number of halogens is 1. The summed E-state index contributed by atoms with van der Waals surface area (Å²) < 4.78 is 6.52. The number of rotatable bonds is 3. The minimum atomic E-state index is 0.576. The van der Waals surface area contributed by atoms with Crippen LogP contribution in [0.1, 0.15) is 12.5 Å². The Morgan fingerprint density at radius 2 is 2.35 bits per heavy atom. The number of methoxy groups -OCH3 is 1. The van der Waals surface area contributed by atoms with Gasteiger partial charge in [0.25, 0.3) is 0 Å². The Morgan fingerprint density at radius 1 is 1.53 bits per heavy atom. The zero-order valence-corrected chi connectivity index (χ0v) is 12.0. The average Bonchev–Trinajstić information content (AvgIpc) is 2.32. The van der Waals surface area contributed by atoms with E-state index in [0.717, 1.165) is 36.4 Å². The number of ether oxygens (including phenoxy) is 1. The van der Waals surface area contributed by atoms with Gasteiger partial charge >= 0.3 is 0 Å². The van der Waals surface area contributed by atoms with Gasteiger partial charge in [-0.2, -0.15) is 0 Å². The lowest BCUT2D eigenvalue weighted by Crippen LogP contribution is -2.49. The Morgan fingerprint density at radius 3 is 3.06 bits per heavy atom. The largest absolute Gasteiger partial charge is 0.496 e. The summed E-state index contributed by atoms with van der Waals surface area (Å²) in [6.07, 6.45) is 0. The van der Waals surface area contributed by atoms with E-state index in [1.807, 2.05) is 12.1 Å². The van der Waals surface area contributed by atoms with Crippen LogP contribution in [0.2, 0.25) is 0 Å². The quantitative estimate of drug-likeness (QED) is 0.926. The first kappa shape index (κ1) is 12.9. The minimum Gasteiger partial charge on any atom is -0.496 e. The second-order valence-electron chi connectivity index (χ2n) is 4.48. The molecule has 3 nitrogen and oxygen atoms in total. The van der Waals surface area contributed by atoms with Crippen molar-refractivity contribution < 1.29 is 4.74 Å². The van der Waals surface area contributed by atoms with E-state index in [-0.39, 0.29) is 0 Å². The van der Waals surface area contributed by atoms with Gasteiger partial charge in [0.2, 0.25) is 0 Å². The summed E-state index contributed by atoms with van der Waals surface area (Å²) >= 11 is 3.52. The molecule has 17 heavy (non-hydrogen) atoms. The summed E-state index contributed by atoms with van der Waals surface area (Å²) in [5.74, 6) is 0.971. The molecule has 4 heteroatoms. The summed E-state index contributed by atoms with van der Waals surface area (Å²) in [6.45, 7) is 6.44. The van der Waals surface area contributed by atoms with Gasteiger partial charge < -0.3 is 10.1 Å². The van der Waals surface area contributed by atoms with Crippen LogP contribution in [-0.4, -0.2) is 37.7 Å². The SMILES string of the molecule is COc1ccc(Br)cc1CN1CCNC[C@@H]1C. The fourth-order valence-electron chi connectivity index (χ4n) is 2.21. The van der Waals surface area contributed by atoms with Crippen molar-refractivity contribution in [2.45, 2.75) is 19.5 Å². The van der Waals surface area contributed by atoms with Crippen LogP contribution in [0.5, 0.6) is 5.75 Å². The summed E-state index contributed by atoms with van der Waals surface area (Å²) in [5.41, 5.74) is 1.25. The fourth-order valence-corrected chi connectivity index (χ4v) is 2.62. The van der Waals surface area contributed by atoms with Gasteiger partial charge in [-0.3, -0.25) is 4.90 Å². The molecule has 1 N–H and O–H groups in total. The van der Waals surface area contributed by atoms with Crippen LogP contribution in [0, 0.1) is 0 Å². The van der Waals surface area contributed by atoms with E-state index in [1.165, 1.54) is 5.56 Å². The number of piperazine rings is 1. The van der Waals surface area contributed by atoms with E-state index in [2.05, 4.69) is 39.1 Å². The number of hydrogen-bond donors (Lipinski definition) is 1. The molecule has 94 valence electrons. The zero-order valence-electron chi connectivity index (χ0n) is 10.4. The van der Waals surface area contributed by atoms with E-state index in [4.69, 9.17) is 4.74 Å². The molecule has 0 aromatic heterocycles. The molecular formula is C13H19BrN2O. The summed E-state index contributed by atoms with van der Waals surface area (Å²) in [5, 5.41) is 3.41. The molecule has 1 heterocycles. The molecule has 1 saturated heterocycles. The second kappa shape index (κ2) is 5.85. The molecule has 1 atom stereocenters. The third kappa shape index (κ3) is 3.21. The van der Waals surface area contributed by atoms with Gasteiger partial charge in [-0.15, -0.1) is 0 Å². The molecule has 1 fully saturated rings. The van der Waals surface area contributed by atoms with Crippen LogP contribution in [0.15, 0.2) is 22.7 Å². The maximum Gasteiger partial charge on any atom is 0.123 e. The van der Waals surface area contributed by atoms with Crippen LogP contribution < -0.4 is 10.1 Å². The maximum absolute atomic E-state index is 5.41. The Balaban J connectivity index is 2.13. The van der Waals surface area contributed by atoms with Crippen molar-refractivity contribution in [1.29, 1.82) is 0 Å². The van der Waals surface area contributed by atoms with Crippen LogP contribution in [-0.2, 0) is 6.54 Å². The van der Waals surface area contributed by atoms with Gasteiger partial charge in [0, 0.05) is 42.3 Å². The van der Waals surface area contributed by atoms with Crippen LogP contribution in [0.25, 0.3) is 0 Å². The smallest absolute Gasteiger partial charge is 0.123 e. The number of nitrogens with zero attached hydrogens (tertiary/aromatic N) is 1. The van der Waals surface area contributed by atoms with E-state index in [0.29, 0.717) is 6.04 Å². The maximum atomic E-state index is 5.41. The standard InChI is InChI=1S/C13H19BrN2O/c1-10-8-15-5-6-16(10)9-11-7-12(14)3-4-13(11)17-2/h3-4,7,10,15H,5-6,8-9H2,1-2H3/t10-/m0/s1. The predicted molar refractivity (Wildman–Crippen MR) is 73.4 cm³/mol. The first-order chi connectivity index (χ1) is 8.20. The molecule has 0 radical (unpaired) electrons. The Hall–Kier alpha value is -0.580. The highest BCUT2D eigenvalue weighted by Gasteiger charge is 2.19. The first-order valence-corrected chi connectivity index (χ1v) is 6.77. The topological polar surface area (TPSA) is 24.5 Å². The van der Waals surface area contributed by atoms with Crippen molar-refractivity contribution in [1.82, 2.24) is 10.2 Å². The van der Waals surface area contributed by atoms with E-state index < -0.39 is 0 Å². The van der Waals surface area contributed by atoms with Crippen LogP contribution >= 0.6 is 15.9 Å². The molecule has 1 aromatic carbocycles. The molecular weight excluding hydrogens is 280 g/mol. The number of nitrogens with one attached hydrogen (secondary N) is 1. The lowest BCUT2D eigenvalue weighted by atomic mass is 10.1. The molecule has 0 spiro atoms. The van der Waals surface area contributed by atoms with Gasteiger partial charge in [0.05, 0.1) is 7.11 Å². The third-order valence-corrected chi connectivity index (χ3v) is 3.75. The zero-order chi connectivity index (χ0) is 12.3. The molecule has 1 aromatic rings. The monoisotopic (exact) mass is 298 g/mol. The molecule has 0 bridgehead atoms. The van der Waals surface area contributed by atoms with Gasteiger partial charge in [-0.1, -0.05) is 15.9 Å². The number of hydrogen-bond acceptors (Lipinski definition) is 3. The molecule has 0 saturated carbocycles. The van der Waals surface area contributed by atoms with Crippen molar-refractivity contribution in [3.63, 3.8) is 0 Å². The molecule has 2 rings (SSSR count). The number of benzene rings is 1. The molecule has 0 aliphatic carbocycles. The molecule has 1 aliphatic rings. The highest BCUT2D eigenvalue weighted by atomic mass is 79.9. The van der Waals surface area contributed by atoms with Crippen molar-refractivity contribution in [3.05, 3.63) is 28.2 Å². The van der Waals surface area contributed by atoms with E-state index in [1.54, 1.807) is 7.11 Å². The highest BCUT2D eigenvalue weighted by molar-refractivity contribution is 9.10. The van der Waals surface area contributed by atoms with E-state index >= 15 is 0 Å². The van der Waals surface area contributed by atoms with Crippen molar-refractivity contribution >= 4 is 15.9 Å². The average molecular weight is 299 g/mol. The van der Waals surface area contributed by atoms with Gasteiger partial charge in [-0.05, 0) is 25.1 Å². The van der Waals surface area contributed by atoms with Crippen LogP contribution in [0.3, 0.4) is 0 Å². The second-order valence-corrected chi connectivity index (χ2v) is 5.40. The van der Waals surface area contributed by atoms with Gasteiger partial charge in [-0.25, -0.2) is 0 Å². The van der Waals surface area contributed by atoms with Crippen molar-refractivity contribution in [2.24, 2.45) is 0 Å². The normalized spacial score (nSPS) is 21.5. The fraction of sp³-hybridized carbons (Fsp3) is 0.538. The third-order valence-electron chi connectivity index (χ3n) is 3.25. The van der Waals surface area contributed by atoms with Gasteiger partial charge in [0.15, 0.2) is 0 Å². The lowest BCUT2D eigenvalue weighted by Gasteiger charge is -2.34. The van der Waals surface area contributed by atoms with Crippen LogP contribution in [0.4, 0.5) is 0 Å². The first-order valence-electron chi connectivity index (χ1n) is 5.98. The minimum absolute atomic E-state index is 0.576. The predicted octanol–water partition coefficient (Wildman–Crippen LogP) is 2.25. The summed E-state index contributed by atoms with van der Waals surface area (Å²) in [7, 11) is 1.73. The summed E-state index contributed by atoms with van der Waals surface area (Å²) in [6, 6.07) is 6.76. The van der Waals surface area contributed by atoms with Crippen molar-refractivity contribution in [2.75, 3.05) is 26.7 Å². The lowest BCUT2D eigenvalue weighted by molar-refractivity contribution is 0.164.